The second-order valence-corrected chi connectivity index (χ2v) is 6.92. The van der Waals surface area contributed by atoms with Crippen molar-refractivity contribution in [1.82, 2.24) is 0 Å². The van der Waals surface area contributed by atoms with Crippen molar-refractivity contribution in [2.45, 2.75) is 0 Å². The van der Waals surface area contributed by atoms with Crippen LogP contribution in [-0.2, 0) is 4.79 Å². The average molecular weight is 385 g/mol. The highest BCUT2D eigenvalue weighted by Gasteiger charge is 2.35. The zero-order valence-electron chi connectivity index (χ0n) is 13.1. The normalized spacial score (nSPS) is 15.5. The Morgan fingerprint density at radius 2 is 1.85 bits per heavy atom. The molecule has 0 atom stereocenters. The van der Waals surface area contributed by atoms with Crippen LogP contribution < -0.4 is 10.6 Å². The van der Waals surface area contributed by atoms with Gasteiger partial charge in [-0.15, -0.1) is 0 Å². The number of carbonyl (C=O) groups is 2. The fraction of sp³-hybridized carbons (Fsp3) is 0. The fourth-order valence-corrected chi connectivity index (χ4v) is 3.68. The Hall–Kier alpha value is -3.04. The van der Waals surface area contributed by atoms with Crippen molar-refractivity contribution in [2.24, 2.45) is 5.73 Å². The molecule has 1 aliphatic rings. The number of carbonyl (C=O) groups excluding carboxylic acids is 2. The molecule has 2 amide bonds. The van der Waals surface area contributed by atoms with E-state index in [2.05, 4.69) is 0 Å². The van der Waals surface area contributed by atoms with Gasteiger partial charge in [0.05, 0.1) is 21.1 Å². The van der Waals surface area contributed by atoms with E-state index in [0.717, 1.165) is 11.8 Å². The van der Waals surface area contributed by atoms with E-state index >= 15 is 0 Å². The summed E-state index contributed by atoms with van der Waals surface area (Å²) >= 11 is 6.37. The molecule has 3 rings (SSSR count). The van der Waals surface area contributed by atoms with Crippen molar-refractivity contribution in [2.75, 3.05) is 4.90 Å². The van der Waals surface area contributed by atoms with Crippen LogP contribution in [0, 0.1) is 10.1 Å². The molecule has 9 heteroatoms. The molecular formula is C17H11N3O4S2. The van der Waals surface area contributed by atoms with Gasteiger partial charge in [-0.3, -0.25) is 24.6 Å². The molecule has 1 aliphatic heterocycles. The minimum Gasteiger partial charge on any atom is -0.366 e. The summed E-state index contributed by atoms with van der Waals surface area (Å²) in [5, 5.41) is 10.7. The molecule has 0 bridgehead atoms. The SMILES string of the molecule is NC(=O)c1ccccc1N1C(=O)/C(=C/c2ccc([N+](=O)[O-])cc2)SC1=S. The lowest BCUT2D eigenvalue weighted by Gasteiger charge is -2.17. The van der Waals surface area contributed by atoms with E-state index in [1.165, 1.54) is 23.1 Å². The second-order valence-electron chi connectivity index (χ2n) is 5.25. The molecule has 2 aromatic rings. The number of amides is 2. The Morgan fingerprint density at radius 3 is 2.46 bits per heavy atom. The van der Waals surface area contributed by atoms with Crippen molar-refractivity contribution < 1.29 is 14.5 Å². The lowest BCUT2D eigenvalue weighted by molar-refractivity contribution is -0.384. The molecule has 2 N–H and O–H groups in total. The number of nitro benzene ring substituents is 1. The molecule has 0 saturated carbocycles. The molecule has 0 aromatic heterocycles. The minimum atomic E-state index is -0.658. The minimum absolute atomic E-state index is 0.0370. The van der Waals surface area contributed by atoms with Gasteiger partial charge < -0.3 is 5.73 Å². The van der Waals surface area contributed by atoms with E-state index in [1.807, 2.05) is 0 Å². The first-order valence-corrected chi connectivity index (χ1v) is 8.52. The predicted molar refractivity (Wildman–Crippen MR) is 104 cm³/mol. The van der Waals surface area contributed by atoms with Gasteiger partial charge in [-0.1, -0.05) is 36.1 Å². The molecule has 0 radical (unpaired) electrons. The van der Waals surface area contributed by atoms with Crippen LogP contribution in [0.2, 0.25) is 0 Å². The van der Waals surface area contributed by atoms with E-state index < -0.39 is 10.8 Å². The van der Waals surface area contributed by atoms with Gasteiger partial charge in [0.2, 0.25) is 0 Å². The van der Waals surface area contributed by atoms with E-state index in [9.17, 15) is 19.7 Å². The summed E-state index contributed by atoms with van der Waals surface area (Å²) in [4.78, 5) is 36.2. The zero-order valence-corrected chi connectivity index (χ0v) is 14.8. The Kier molecular flexibility index (Phi) is 4.83. The van der Waals surface area contributed by atoms with Crippen LogP contribution in [0.3, 0.4) is 0 Å². The summed E-state index contributed by atoms with van der Waals surface area (Å²) in [5.74, 6) is -1.04. The third-order valence-corrected chi connectivity index (χ3v) is 4.91. The van der Waals surface area contributed by atoms with Gasteiger partial charge in [0.15, 0.2) is 4.32 Å². The molecular weight excluding hydrogens is 374 g/mol. The molecule has 0 spiro atoms. The van der Waals surface area contributed by atoms with Crippen LogP contribution in [0.25, 0.3) is 6.08 Å². The lowest BCUT2D eigenvalue weighted by atomic mass is 10.1. The summed E-state index contributed by atoms with van der Waals surface area (Å²) in [6.45, 7) is 0. The van der Waals surface area contributed by atoms with Crippen LogP contribution in [0.1, 0.15) is 15.9 Å². The Bertz CT molecular complexity index is 970. The van der Waals surface area contributed by atoms with Gasteiger partial charge in [-0.2, -0.15) is 0 Å². The van der Waals surface area contributed by atoms with Crippen LogP contribution in [-0.4, -0.2) is 21.1 Å². The summed E-state index contributed by atoms with van der Waals surface area (Å²) in [5.41, 5.74) is 6.48. The number of primary amides is 1. The summed E-state index contributed by atoms with van der Waals surface area (Å²) in [6.07, 6.45) is 1.59. The van der Waals surface area contributed by atoms with E-state index in [4.69, 9.17) is 18.0 Å². The number of thiocarbonyl (C=S) groups is 1. The molecule has 0 aliphatic carbocycles. The standard InChI is InChI=1S/C17H11N3O4S2/c18-15(21)12-3-1-2-4-13(12)19-16(22)14(26-17(19)25)9-10-5-7-11(8-6-10)20(23)24/h1-9H,(H2,18,21)/b14-9-. The van der Waals surface area contributed by atoms with Crippen molar-refractivity contribution in [3.8, 4) is 0 Å². The molecule has 1 fully saturated rings. The highest BCUT2D eigenvalue weighted by Crippen LogP contribution is 2.37. The van der Waals surface area contributed by atoms with E-state index in [-0.39, 0.29) is 21.5 Å². The topological polar surface area (TPSA) is 107 Å². The quantitative estimate of drug-likeness (QED) is 0.375. The second kappa shape index (κ2) is 7.06. The number of hydrogen-bond acceptors (Lipinski definition) is 6. The number of benzene rings is 2. The van der Waals surface area contributed by atoms with Gasteiger partial charge in [0, 0.05) is 12.1 Å². The first-order chi connectivity index (χ1) is 12.4. The van der Waals surface area contributed by atoms with E-state index in [1.54, 1.807) is 36.4 Å². The zero-order chi connectivity index (χ0) is 18.8. The number of nitrogens with zero attached hydrogens (tertiary/aromatic N) is 2. The largest absolute Gasteiger partial charge is 0.366 e. The number of thioether (sulfide) groups is 1. The predicted octanol–water partition coefficient (Wildman–Crippen LogP) is 3.10. The molecule has 2 aromatic carbocycles. The van der Waals surface area contributed by atoms with Gasteiger partial charge in [0.1, 0.15) is 0 Å². The van der Waals surface area contributed by atoms with Crippen LogP contribution in [0.5, 0.6) is 0 Å². The van der Waals surface area contributed by atoms with Crippen LogP contribution in [0.4, 0.5) is 11.4 Å². The average Bonchev–Trinajstić information content (AvgIpc) is 2.89. The molecule has 0 unspecified atom stereocenters. The maximum Gasteiger partial charge on any atom is 0.270 e. The third-order valence-electron chi connectivity index (χ3n) is 3.61. The highest BCUT2D eigenvalue weighted by atomic mass is 32.2. The van der Waals surface area contributed by atoms with Gasteiger partial charge in [0.25, 0.3) is 17.5 Å². The Morgan fingerprint density at radius 1 is 1.19 bits per heavy atom. The maximum absolute atomic E-state index is 12.8. The summed E-state index contributed by atoms with van der Waals surface area (Å²) < 4.78 is 0.275. The van der Waals surface area contributed by atoms with Crippen molar-refractivity contribution >= 4 is 57.6 Å². The Labute approximate surface area is 157 Å². The number of anilines is 1. The lowest BCUT2D eigenvalue weighted by Crippen LogP contribution is -2.30. The number of rotatable bonds is 4. The number of nitro groups is 1. The van der Waals surface area contributed by atoms with Crippen molar-refractivity contribution in [3.05, 3.63) is 74.7 Å². The van der Waals surface area contributed by atoms with Crippen LogP contribution >= 0.6 is 24.0 Å². The summed E-state index contributed by atoms with van der Waals surface area (Å²) in [6, 6.07) is 12.2. The Balaban J connectivity index is 1.94. The molecule has 130 valence electrons. The number of nitrogens with two attached hydrogens (primary N) is 1. The third kappa shape index (κ3) is 3.35. The van der Waals surface area contributed by atoms with Crippen molar-refractivity contribution in [1.29, 1.82) is 0 Å². The number of non-ortho nitro benzene ring substituents is 1. The maximum atomic E-state index is 12.8. The number of para-hydroxylation sites is 1. The molecule has 26 heavy (non-hydrogen) atoms. The highest BCUT2D eigenvalue weighted by molar-refractivity contribution is 8.27. The van der Waals surface area contributed by atoms with Gasteiger partial charge in [-0.05, 0) is 35.9 Å². The van der Waals surface area contributed by atoms with Gasteiger partial charge >= 0.3 is 0 Å². The monoisotopic (exact) mass is 385 g/mol. The summed E-state index contributed by atoms with van der Waals surface area (Å²) in [7, 11) is 0. The smallest absolute Gasteiger partial charge is 0.270 e. The van der Waals surface area contributed by atoms with Crippen LogP contribution in [0.15, 0.2) is 53.4 Å². The molecule has 7 nitrogen and oxygen atoms in total. The first kappa shape index (κ1) is 17.8. The number of hydrogen-bond donors (Lipinski definition) is 1. The molecule has 1 heterocycles. The van der Waals surface area contributed by atoms with E-state index in [0.29, 0.717) is 16.2 Å². The molecule has 1 saturated heterocycles. The fourth-order valence-electron chi connectivity index (χ4n) is 2.40. The first-order valence-electron chi connectivity index (χ1n) is 7.29. The van der Waals surface area contributed by atoms with Crippen molar-refractivity contribution in [3.63, 3.8) is 0 Å². The van der Waals surface area contributed by atoms with Gasteiger partial charge in [-0.25, -0.2) is 0 Å².